The standard InChI is InChI=1S/C30H37N3O5/c1-29(2,15-20-16-31-27-19(11-12-25(35)36)7-5-8-22(20)27)32-17-21(34)18-38-24-10-6-9-23-26(24)30(28(37)33-23)13-3-4-14-30/h5-10,16,21,31-32,34H,3-4,11-15,17-18H2,1-2H3,(H,33,37)(H,35,36)/p-1. The van der Waals surface area contributed by atoms with E-state index in [1.165, 1.54) is 0 Å². The molecule has 1 aliphatic carbocycles. The predicted octanol–water partition coefficient (Wildman–Crippen LogP) is 2.96. The van der Waals surface area contributed by atoms with Gasteiger partial charge in [0.2, 0.25) is 5.91 Å². The summed E-state index contributed by atoms with van der Waals surface area (Å²) in [6, 6.07) is 11.6. The second kappa shape index (κ2) is 10.4. The number of hydrogen-bond acceptors (Lipinski definition) is 6. The molecule has 38 heavy (non-hydrogen) atoms. The van der Waals surface area contributed by atoms with Gasteiger partial charge in [0.15, 0.2) is 0 Å². The first-order chi connectivity index (χ1) is 18.2. The number of nitrogens with one attached hydrogen (secondary N) is 3. The topological polar surface area (TPSA) is 127 Å². The molecular formula is C30H36N3O5-. The maximum absolute atomic E-state index is 12.8. The van der Waals surface area contributed by atoms with Gasteiger partial charge in [-0.1, -0.05) is 37.1 Å². The van der Waals surface area contributed by atoms with Gasteiger partial charge in [0.1, 0.15) is 18.5 Å². The van der Waals surface area contributed by atoms with E-state index in [-0.39, 0.29) is 24.5 Å². The number of β-amino-alcohol motifs (C(OH)–C–C–N with tert-alkyl or cyclic N) is 1. The lowest BCUT2D eigenvalue weighted by molar-refractivity contribution is -0.305. The number of aromatic amines is 1. The van der Waals surface area contributed by atoms with Crippen molar-refractivity contribution in [1.82, 2.24) is 10.3 Å². The van der Waals surface area contributed by atoms with Gasteiger partial charge in [0.05, 0.1) is 5.41 Å². The molecule has 8 heteroatoms. The summed E-state index contributed by atoms with van der Waals surface area (Å²) in [4.78, 5) is 27.0. The summed E-state index contributed by atoms with van der Waals surface area (Å²) >= 11 is 0. The Morgan fingerprint density at radius 3 is 2.71 bits per heavy atom. The third-order valence-electron chi connectivity index (χ3n) is 8.01. The molecule has 1 spiro atoms. The number of aliphatic hydroxyl groups is 1. The highest BCUT2D eigenvalue weighted by molar-refractivity contribution is 6.07. The van der Waals surface area contributed by atoms with Crippen LogP contribution in [0.25, 0.3) is 10.9 Å². The molecule has 1 aliphatic heterocycles. The van der Waals surface area contributed by atoms with Crippen molar-refractivity contribution in [1.29, 1.82) is 0 Å². The largest absolute Gasteiger partial charge is 0.550 e. The maximum Gasteiger partial charge on any atom is 0.235 e. The van der Waals surface area contributed by atoms with Crippen LogP contribution in [0.4, 0.5) is 5.69 Å². The number of rotatable bonds is 11. The number of carbonyl (C=O) groups is 2. The number of carboxylic acids is 1. The van der Waals surface area contributed by atoms with E-state index in [1.807, 2.05) is 42.6 Å². The van der Waals surface area contributed by atoms with Crippen LogP contribution in [0.3, 0.4) is 0 Å². The molecule has 8 nitrogen and oxygen atoms in total. The fourth-order valence-corrected chi connectivity index (χ4v) is 6.10. The molecule has 0 radical (unpaired) electrons. The number of hydrogen-bond donors (Lipinski definition) is 4. The first kappa shape index (κ1) is 26.3. The van der Waals surface area contributed by atoms with Gasteiger partial charge < -0.3 is 35.4 Å². The van der Waals surface area contributed by atoms with Crippen molar-refractivity contribution in [3.05, 3.63) is 59.3 Å². The van der Waals surface area contributed by atoms with Crippen molar-refractivity contribution in [2.45, 2.75) is 75.9 Å². The highest BCUT2D eigenvalue weighted by Gasteiger charge is 2.50. The molecule has 1 atom stereocenters. The molecule has 3 aromatic rings. The van der Waals surface area contributed by atoms with Gasteiger partial charge in [-0.2, -0.15) is 0 Å². The van der Waals surface area contributed by atoms with E-state index in [2.05, 4.69) is 29.5 Å². The van der Waals surface area contributed by atoms with Gasteiger partial charge >= 0.3 is 0 Å². The Morgan fingerprint density at radius 1 is 1.18 bits per heavy atom. The zero-order chi connectivity index (χ0) is 26.9. The SMILES string of the molecule is CC(C)(Cc1c[nH]c2c(CCC(=O)[O-])cccc12)NCC(O)COc1cccc2c1C1(CCCC1)C(=O)N2. The van der Waals surface area contributed by atoms with Crippen LogP contribution in [0.2, 0.25) is 0 Å². The van der Waals surface area contributed by atoms with E-state index in [1.54, 1.807) is 0 Å². The number of anilines is 1. The average Bonchev–Trinajstić information content (AvgIpc) is 3.60. The van der Waals surface area contributed by atoms with E-state index in [0.29, 0.717) is 25.1 Å². The predicted molar refractivity (Wildman–Crippen MR) is 144 cm³/mol. The lowest BCUT2D eigenvalue weighted by atomic mass is 9.79. The molecule has 1 saturated carbocycles. The zero-order valence-electron chi connectivity index (χ0n) is 22.1. The molecule has 2 aliphatic rings. The molecule has 4 N–H and O–H groups in total. The van der Waals surface area contributed by atoms with E-state index >= 15 is 0 Å². The number of aliphatic carboxylic acids is 1. The van der Waals surface area contributed by atoms with Gasteiger partial charge in [-0.15, -0.1) is 0 Å². The van der Waals surface area contributed by atoms with Crippen molar-refractivity contribution < 1.29 is 24.5 Å². The molecular weight excluding hydrogens is 482 g/mol. The van der Waals surface area contributed by atoms with Crippen LogP contribution in [-0.2, 0) is 27.8 Å². The first-order valence-electron chi connectivity index (χ1n) is 13.5. The van der Waals surface area contributed by atoms with Crippen molar-refractivity contribution in [2.75, 3.05) is 18.5 Å². The second-order valence-corrected chi connectivity index (χ2v) is 11.4. The zero-order valence-corrected chi connectivity index (χ0v) is 22.1. The molecule has 2 heterocycles. The van der Waals surface area contributed by atoms with Crippen LogP contribution in [0.1, 0.15) is 62.6 Å². The number of carboxylic acid groups (broad SMARTS) is 1. The minimum atomic E-state index is -1.05. The van der Waals surface area contributed by atoms with Crippen molar-refractivity contribution in [3.8, 4) is 5.75 Å². The minimum Gasteiger partial charge on any atom is -0.550 e. The summed E-state index contributed by atoms with van der Waals surface area (Å²) in [6.45, 7) is 4.65. The Kier molecular flexibility index (Phi) is 7.20. The Balaban J connectivity index is 1.19. The molecule has 202 valence electrons. The van der Waals surface area contributed by atoms with Gasteiger partial charge in [-0.3, -0.25) is 4.79 Å². The van der Waals surface area contributed by atoms with Crippen molar-refractivity contribution >= 4 is 28.5 Å². The molecule has 2 aromatic carbocycles. The van der Waals surface area contributed by atoms with Crippen LogP contribution in [0.15, 0.2) is 42.6 Å². The lowest BCUT2D eigenvalue weighted by Gasteiger charge is -2.28. The number of ether oxygens (including phenoxy) is 1. The first-order valence-corrected chi connectivity index (χ1v) is 13.5. The summed E-state index contributed by atoms with van der Waals surface area (Å²) < 4.78 is 6.09. The van der Waals surface area contributed by atoms with Crippen molar-refractivity contribution in [2.24, 2.45) is 0 Å². The number of aliphatic hydroxyl groups excluding tert-OH is 1. The molecule has 1 fully saturated rings. The number of para-hydroxylation sites is 1. The highest BCUT2D eigenvalue weighted by atomic mass is 16.5. The Hall–Kier alpha value is -3.36. The lowest BCUT2D eigenvalue weighted by Crippen LogP contribution is -2.46. The van der Waals surface area contributed by atoms with Crippen LogP contribution in [-0.4, -0.2) is 46.8 Å². The van der Waals surface area contributed by atoms with Crippen LogP contribution < -0.4 is 20.5 Å². The van der Waals surface area contributed by atoms with Gasteiger partial charge in [-0.25, -0.2) is 0 Å². The third kappa shape index (κ3) is 5.15. The summed E-state index contributed by atoms with van der Waals surface area (Å²) in [5, 5.41) is 29.2. The fourth-order valence-electron chi connectivity index (χ4n) is 6.10. The number of aromatic nitrogens is 1. The summed E-state index contributed by atoms with van der Waals surface area (Å²) in [5.41, 5.74) is 4.00. The number of aryl methyl sites for hydroxylation is 1. The average molecular weight is 519 g/mol. The van der Waals surface area contributed by atoms with E-state index < -0.39 is 17.5 Å². The quantitative estimate of drug-likeness (QED) is 0.309. The molecule has 1 amide bonds. The Bertz CT molecular complexity index is 1340. The van der Waals surface area contributed by atoms with Gasteiger partial charge in [0, 0.05) is 46.4 Å². The number of carbonyl (C=O) groups excluding carboxylic acids is 2. The van der Waals surface area contributed by atoms with E-state index in [9.17, 15) is 19.8 Å². The van der Waals surface area contributed by atoms with Gasteiger partial charge in [-0.05, 0) is 69.2 Å². The van der Waals surface area contributed by atoms with Crippen LogP contribution in [0.5, 0.6) is 5.75 Å². The highest BCUT2D eigenvalue weighted by Crippen LogP contribution is 2.52. The smallest absolute Gasteiger partial charge is 0.235 e. The molecule has 1 unspecified atom stereocenters. The van der Waals surface area contributed by atoms with Crippen LogP contribution >= 0.6 is 0 Å². The number of H-pyrrole nitrogens is 1. The Labute approximate surface area is 222 Å². The monoisotopic (exact) mass is 518 g/mol. The normalized spacial score (nSPS) is 17.1. The van der Waals surface area contributed by atoms with Gasteiger partial charge in [0.25, 0.3) is 0 Å². The minimum absolute atomic E-state index is 0.0138. The third-order valence-corrected chi connectivity index (χ3v) is 8.01. The number of fused-ring (bicyclic) bond motifs is 3. The van der Waals surface area contributed by atoms with Crippen molar-refractivity contribution in [3.63, 3.8) is 0 Å². The number of amides is 1. The van der Waals surface area contributed by atoms with Crippen LogP contribution in [0, 0.1) is 0 Å². The summed E-state index contributed by atoms with van der Waals surface area (Å²) in [7, 11) is 0. The molecule has 5 rings (SSSR count). The molecule has 0 saturated heterocycles. The van der Waals surface area contributed by atoms with E-state index in [0.717, 1.165) is 59.0 Å². The second-order valence-electron chi connectivity index (χ2n) is 11.4. The van der Waals surface area contributed by atoms with E-state index in [4.69, 9.17) is 4.74 Å². The molecule has 1 aromatic heterocycles. The maximum atomic E-state index is 12.8. The summed E-state index contributed by atoms with van der Waals surface area (Å²) in [5.74, 6) is -0.316. The summed E-state index contributed by atoms with van der Waals surface area (Å²) in [6.07, 6.45) is 6.08. The Morgan fingerprint density at radius 2 is 1.95 bits per heavy atom. The number of benzene rings is 2. The fraction of sp³-hybridized carbons (Fsp3) is 0.467. The molecule has 0 bridgehead atoms.